The molecular weight excluding hydrogens is 218 g/mol. The number of amides is 1. The second kappa shape index (κ2) is 4.56. The predicted octanol–water partition coefficient (Wildman–Crippen LogP) is 0.0523. The van der Waals surface area contributed by atoms with Crippen LogP contribution in [0.4, 0.5) is 8.78 Å². The molecule has 0 fully saturated rings. The number of hydrogen-bond acceptors (Lipinski definition) is 3. The molecule has 3 N–H and O–H groups in total. The largest absolute Gasteiger partial charge is 0.346 e. The number of carbonyl (C=O) groups is 1. The molecule has 7 heteroatoms. The van der Waals surface area contributed by atoms with Crippen LogP contribution >= 0.6 is 0 Å². The third-order valence-corrected chi connectivity index (χ3v) is 2.29. The molecule has 1 aromatic heterocycles. The molecule has 0 aliphatic carbocycles. The third-order valence-electron chi connectivity index (χ3n) is 2.29. The third kappa shape index (κ3) is 2.75. The number of nitrogens with zero attached hydrogens (tertiary/aromatic N) is 2. The number of carbonyl (C=O) groups excluding carboxylic acids is 1. The Balaban J connectivity index is 2.64. The number of rotatable bonds is 4. The Labute approximate surface area is 91.6 Å². The molecule has 0 aliphatic rings. The molecule has 0 saturated carbocycles. The van der Waals surface area contributed by atoms with Crippen molar-refractivity contribution in [2.75, 3.05) is 13.1 Å². The molecule has 1 aromatic rings. The van der Waals surface area contributed by atoms with Crippen molar-refractivity contribution >= 4 is 5.91 Å². The first-order valence-corrected chi connectivity index (χ1v) is 4.72. The maximum atomic E-state index is 12.8. The molecule has 1 amide bonds. The molecule has 5 nitrogen and oxygen atoms in total. The van der Waals surface area contributed by atoms with Crippen molar-refractivity contribution in [2.24, 2.45) is 12.8 Å². The lowest BCUT2D eigenvalue weighted by atomic mass is 10.2. The lowest BCUT2D eigenvalue weighted by molar-refractivity contribution is 0.0118. The summed E-state index contributed by atoms with van der Waals surface area (Å²) in [6.07, 6.45) is 1.34. The van der Waals surface area contributed by atoms with Gasteiger partial charge in [0.15, 0.2) is 0 Å². The van der Waals surface area contributed by atoms with Gasteiger partial charge in [0.05, 0.1) is 24.8 Å². The molecule has 0 spiro atoms. The lowest BCUT2D eigenvalue weighted by Gasteiger charge is -2.14. The molecule has 1 rings (SSSR count). The topological polar surface area (TPSA) is 72.9 Å². The van der Waals surface area contributed by atoms with Gasteiger partial charge in [0.1, 0.15) is 0 Å². The van der Waals surface area contributed by atoms with Gasteiger partial charge in [-0.15, -0.1) is 0 Å². The van der Waals surface area contributed by atoms with E-state index in [0.717, 1.165) is 0 Å². The summed E-state index contributed by atoms with van der Waals surface area (Å²) in [5.74, 6) is -3.65. The number of aromatic nitrogens is 2. The number of aryl methyl sites for hydroxylation is 1. The molecule has 0 aliphatic heterocycles. The number of halogens is 2. The van der Waals surface area contributed by atoms with Crippen LogP contribution in [0.25, 0.3) is 0 Å². The highest BCUT2D eigenvalue weighted by Gasteiger charge is 2.27. The molecule has 0 radical (unpaired) electrons. The zero-order valence-corrected chi connectivity index (χ0v) is 9.13. The smallest absolute Gasteiger partial charge is 0.277 e. The van der Waals surface area contributed by atoms with E-state index in [1.165, 1.54) is 10.9 Å². The average Bonchev–Trinajstić information content (AvgIpc) is 2.57. The minimum Gasteiger partial charge on any atom is -0.346 e. The van der Waals surface area contributed by atoms with E-state index in [0.29, 0.717) is 5.69 Å². The van der Waals surface area contributed by atoms with Gasteiger partial charge in [-0.05, 0) is 6.92 Å². The van der Waals surface area contributed by atoms with Gasteiger partial charge in [-0.3, -0.25) is 9.48 Å². The van der Waals surface area contributed by atoms with E-state index >= 15 is 0 Å². The summed E-state index contributed by atoms with van der Waals surface area (Å²) in [5, 5.41) is 5.97. The predicted molar refractivity (Wildman–Crippen MR) is 54.3 cm³/mol. The van der Waals surface area contributed by atoms with Gasteiger partial charge in [-0.2, -0.15) is 5.10 Å². The summed E-state index contributed by atoms with van der Waals surface area (Å²) < 4.78 is 27.0. The van der Waals surface area contributed by atoms with Crippen LogP contribution in [-0.4, -0.2) is 34.7 Å². The zero-order chi connectivity index (χ0) is 12.3. The highest BCUT2D eigenvalue weighted by Crippen LogP contribution is 2.10. The van der Waals surface area contributed by atoms with Crippen molar-refractivity contribution in [3.8, 4) is 0 Å². The molecule has 0 unspecified atom stereocenters. The Bertz CT molecular complexity index is 389. The number of nitrogens with two attached hydrogens (primary N) is 1. The van der Waals surface area contributed by atoms with Crippen LogP contribution in [0, 0.1) is 6.92 Å². The number of nitrogens with one attached hydrogen (secondary N) is 1. The molecule has 0 atom stereocenters. The summed E-state index contributed by atoms with van der Waals surface area (Å²) in [6.45, 7) is 0.124. The minimum atomic E-state index is -3.08. The Morgan fingerprint density at radius 1 is 1.69 bits per heavy atom. The van der Waals surface area contributed by atoms with Crippen LogP contribution in [0.2, 0.25) is 0 Å². The van der Waals surface area contributed by atoms with E-state index in [1.807, 2.05) is 0 Å². The Hall–Kier alpha value is -1.50. The maximum Gasteiger partial charge on any atom is 0.277 e. The first kappa shape index (κ1) is 12.6. The van der Waals surface area contributed by atoms with E-state index in [4.69, 9.17) is 5.73 Å². The highest BCUT2D eigenvalue weighted by atomic mass is 19.3. The van der Waals surface area contributed by atoms with E-state index < -0.39 is 24.9 Å². The van der Waals surface area contributed by atoms with Crippen molar-refractivity contribution in [3.05, 3.63) is 17.5 Å². The van der Waals surface area contributed by atoms with Crippen molar-refractivity contribution in [3.63, 3.8) is 0 Å². The summed E-state index contributed by atoms with van der Waals surface area (Å²) >= 11 is 0. The molecular formula is C9H14F2N4O. The molecule has 90 valence electrons. The fourth-order valence-corrected chi connectivity index (χ4v) is 1.10. The summed E-state index contributed by atoms with van der Waals surface area (Å²) in [6, 6.07) is 0. The van der Waals surface area contributed by atoms with Gasteiger partial charge in [-0.25, -0.2) is 8.78 Å². The van der Waals surface area contributed by atoms with Crippen LogP contribution in [0.1, 0.15) is 16.1 Å². The van der Waals surface area contributed by atoms with Gasteiger partial charge in [0.2, 0.25) is 0 Å². The van der Waals surface area contributed by atoms with Crippen molar-refractivity contribution in [1.82, 2.24) is 15.1 Å². The molecule has 1 heterocycles. The monoisotopic (exact) mass is 232 g/mol. The molecule has 0 bridgehead atoms. The fraction of sp³-hybridized carbons (Fsp3) is 0.556. The van der Waals surface area contributed by atoms with Crippen LogP contribution in [-0.2, 0) is 7.05 Å². The standard InChI is InChI=1S/C9H14F2N4O/c1-6-7(3-14-15(6)2)8(16)13-5-9(10,11)4-12/h3H,4-5,12H2,1-2H3,(H,13,16). The van der Waals surface area contributed by atoms with Crippen LogP contribution in [0.15, 0.2) is 6.20 Å². The average molecular weight is 232 g/mol. The van der Waals surface area contributed by atoms with Gasteiger partial charge < -0.3 is 11.1 Å². The van der Waals surface area contributed by atoms with Crippen molar-refractivity contribution in [2.45, 2.75) is 12.8 Å². The molecule has 0 saturated heterocycles. The second-order valence-corrected chi connectivity index (χ2v) is 3.51. The van der Waals surface area contributed by atoms with E-state index in [-0.39, 0.29) is 5.56 Å². The SMILES string of the molecule is Cc1c(C(=O)NCC(F)(F)CN)cnn1C. The van der Waals surface area contributed by atoms with E-state index in [1.54, 1.807) is 14.0 Å². The maximum absolute atomic E-state index is 12.8. The zero-order valence-electron chi connectivity index (χ0n) is 9.13. The van der Waals surface area contributed by atoms with Crippen LogP contribution in [0.3, 0.4) is 0 Å². The van der Waals surface area contributed by atoms with Gasteiger partial charge >= 0.3 is 0 Å². The number of hydrogen-bond donors (Lipinski definition) is 2. The summed E-state index contributed by atoms with van der Waals surface area (Å²) in [7, 11) is 1.67. The quantitative estimate of drug-likeness (QED) is 0.770. The van der Waals surface area contributed by atoms with E-state index in [2.05, 4.69) is 10.4 Å². The Kier molecular flexibility index (Phi) is 3.58. The summed E-state index contributed by atoms with van der Waals surface area (Å²) in [4.78, 5) is 11.5. The molecule has 0 aromatic carbocycles. The van der Waals surface area contributed by atoms with E-state index in [9.17, 15) is 13.6 Å². The van der Waals surface area contributed by atoms with Gasteiger partial charge in [-0.1, -0.05) is 0 Å². The normalized spacial score (nSPS) is 11.6. The Morgan fingerprint density at radius 2 is 2.31 bits per heavy atom. The lowest BCUT2D eigenvalue weighted by Crippen LogP contribution is -2.41. The van der Waals surface area contributed by atoms with Gasteiger partial charge in [0, 0.05) is 12.7 Å². The Morgan fingerprint density at radius 3 is 2.75 bits per heavy atom. The van der Waals surface area contributed by atoms with Crippen LogP contribution < -0.4 is 11.1 Å². The summed E-state index contributed by atoms with van der Waals surface area (Å²) in [5.41, 5.74) is 5.75. The second-order valence-electron chi connectivity index (χ2n) is 3.51. The van der Waals surface area contributed by atoms with Crippen molar-refractivity contribution in [1.29, 1.82) is 0 Å². The number of alkyl halides is 2. The van der Waals surface area contributed by atoms with Crippen molar-refractivity contribution < 1.29 is 13.6 Å². The van der Waals surface area contributed by atoms with Crippen LogP contribution in [0.5, 0.6) is 0 Å². The fourth-order valence-electron chi connectivity index (χ4n) is 1.10. The minimum absolute atomic E-state index is 0.287. The first-order chi connectivity index (χ1) is 7.37. The van der Waals surface area contributed by atoms with Gasteiger partial charge in [0.25, 0.3) is 11.8 Å². The molecule has 16 heavy (non-hydrogen) atoms. The first-order valence-electron chi connectivity index (χ1n) is 4.72. The highest BCUT2D eigenvalue weighted by molar-refractivity contribution is 5.95.